The van der Waals surface area contributed by atoms with Crippen LogP contribution in [0.25, 0.3) is 11.0 Å². The fraction of sp³-hybridized carbons (Fsp3) is 0.316. The molecule has 1 aromatic carbocycles. The van der Waals surface area contributed by atoms with Crippen molar-refractivity contribution in [3.8, 4) is 0 Å². The lowest BCUT2D eigenvalue weighted by atomic mass is 10.0. The summed E-state index contributed by atoms with van der Waals surface area (Å²) in [6, 6.07) is 7.94. The number of nitrogens with zero attached hydrogens (tertiary/aromatic N) is 6. The molecular formula is C19H22N8O2. The largest absolute Gasteiger partial charge is 0.353 e. The second-order valence-electron chi connectivity index (χ2n) is 6.89. The molecule has 4 rings (SSSR count). The van der Waals surface area contributed by atoms with Crippen LogP contribution in [0.4, 0.5) is 10.6 Å². The number of hydrogen-bond donors (Lipinski definition) is 2. The number of primary amides is 1. The molecule has 3 N–H and O–H groups in total. The molecule has 29 heavy (non-hydrogen) atoms. The number of urea groups is 1. The first-order valence-corrected chi connectivity index (χ1v) is 9.31. The quantitative estimate of drug-likeness (QED) is 0.657. The number of amides is 3. The number of carbonyl (C=O) groups excluding carboxylic acids is 2. The van der Waals surface area contributed by atoms with E-state index >= 15 is 0 Å². The number of aromatic nitrogens is 4. The molecule has 2 aromatic heterocycles. The Morgan fingerprint density at radius 3 is 2.52 bits per heavy atom. The second kappa shape index (κ2) is 7.84. The van der Waals surface area contributed by atoms with Crippen molar-refractivity contribution >= 4 is 28.8 Å². The topological polar surface area (TPSA) is 122 Å². The van der Waals surface area contributed by atoms with Crippen LogP contribution >= 0.6 is 0 Å². The van der Waals surface area contributed by atoms with E-state index in [1.165, 1.54) is 0 Å². The Balaban J connectivity index is 1.54. The molecule has 0 radical (unpaired) electrons. The Kier molecular flexibility index (Phi) is 5.09. The van der Waals surface area contributed by atoms with Crippen molar-refractivity contribution in [2.75, 3.05) is 31.1 Å². The Morgan fingerprint density at radius 2 is 1.83 bits per heavy atom. The zero-order valence-corrected chi connectivity index (χ0v) is 16.0. The number of nitrogens with one attached hydrogen (secondary N) is 1. The van der Waals surface area contributed by atoms with Crippen LogP contribution in [-0.2, 0) is 11.8 Å². The number of anilines is 1. The summed E-state index contributed by atoms with van der Waals surface area (Å²) in [5.41, 5.74) is 6.77. The normalized spacial score (nSPS) is 16.0. The Labute approximate surface area is 167 Å². The number of imide groups is 1. The molecule has 1 saturated heterocycles. The van der Waals surface area contributed by atoms with Crippen LogP contribution < -0.4 is 16.0 Å². The molecule has 3 aromatic rings. The van der Waals surface area contributed by atoms with Gasteiger partial charge in [0.15, 0.2) is 5.65 Å². The van der Waals surface area contributed by atoms with Gasteiger partial charge in [-0.3, -0.25) is 19.7 Å². The molecule has 1 aliphatic rings. The molecule has 150 valence electrons. The number of carbonyl (C=O) groups is 2. The van der Waals surface area contributed by atoms with Crippen molar-refractivity contribution in [2.45, 2.75) is 6.04 Å². The van der Waals surface area contributed by atoms with Crippen molar-refractivity contribution in [3.63, 3.8) is 0 Å². The third-order valence-electron chi connectivity index (χ3n) is 5.10. The van der Waals surface area contributed by atoms with Crippen LogP contribution in [0.3, 0.4) is 0 Å². The summed E-state index contributed by atoms with van der Waals surface area (Å²) in [6.45, 7) is 2.59. The first-order valence-electron chi connectivity index (χ1n) is 9.31. The standard InChI is InChI=1S/C19H22N8O2/c1-25-16-14(11-23-25)17(22-12-21-16)27-9-7-26(8-10-27)15(18(28)24-19(20)29)13-5-3-2-4-6-13/h2-6,11-12,15H,7-10H2,1H3,(H3,20,24,28,29). The van der Waals surface area contributed by atoms with E-state index in [0.717, 1.165) is 22.4 Å². The first kappa shape index (κ1) is 18.8. The molecule has 10 nitrogen and oxygen atoms in total. The number of nitrogens with two attached hydrogens (primary N) is 1. The average molecular weight is 394 g/mol. The minimum Gasteiger partial charge on any atom is -0.353 e. The van der Waals surface area contributed by atoms with E-state index in [-0.39, 0.29) is 0 Å². The fourth-order valence-electron chi connectivity index (χ4n) is 3.75. The van der Waals surface area contributed by atoms with Crippen LogP contribution in [0.15, 0.2) is 42.9 Å². The van der Waals surface area contributed by atoms with E-state index < -0.39 is 18.0 Å². The summed E-state index contributed by atoms with van der Waals surface area (Å²) in [5, 5.41) is 7.38. The third kappa shape index (κ3) is 3.74. The van der Waals surface area contributed by atoms with Gasteiger partial charge in [-0.1, -0.05) is 30.3 Å². The Hall–Kier alpha value is -3.53. The molecule has 3 heterocycles. The van der Waals surface area contributed by atoms with Crippen molar-refractivity contribution in [2.24, 2.45) is 12.8 Å². The van der Waals surface area contributed by atoms with Gasteiger partial charge in [0.2, 0.25) is 5.91 Å². The zero-order valence-electron chi connectivity index (χ0n) is 16.0. The summed E-state index contributed by atoms with van der Waals surface area (Å²) < 4.78 is 1.72. The van der Waals surface area contributed by atoms with Crippen LogP contribution in [-0.4, -0.2) is 62.8 Å². The minimum absolute atomic E-state index is 0.422. The van der Waals surface area contributed by atoms with E-state index in [1.807, 2.05) is 42.3 Å². The number of aryl methyl sites for hydroxylation is 1. The minimum atomic E-state index is -0.852. The maximum Gasteiger partial charge on any atom is 0.318 e. The predicted molar refractivity (Wildman–Crippen MR) is 107 cm³/mol. The summed E-state index contributed by atoms with van der Waals surface area (Å²) >= 11 is 0. The fourth-order valence-corrected chi connectivity index (χ4v) is 3.75. The van der Waals surface area contributed by atoms with E-state index in [1.54, 1.807) is 17.2 Å². The number of fused-ring (bicyclic) bond motifs is 1. The van der Waals surface area contributed by atoms with Gasteiger partial charge in [-0.15, -0.1) is 0 Å². The SMILES string of the molecule is Cn1ncc2c(N3CCN(C(C(=O)NC(N)=O)c4ccccc4)CC3)ncnc21. The second-order valence-corrected chi connectivity index (χ2v) is 6.89. The number of rotatable bonds is 4. The lowest BCUT2D eigenvalue weighted by molar-refractivity contribution is -0.125. The average Bonchev–Trinajstić information content (AvgIpc) is 3.10. The number of hydrogen-bond acceptors (Lipinski definition) is 7. The lowest BCUT2D eigenvalue weighted by Gasteiger charge is -2.39. The molecule has 1 atom stereocenters. The molecule has 1 aliphatic heterocycles. The number of benzene rings is 1. The van der Waals surface area contributed by atoms with Gasteiger partial charge in [0.25, 0.3) is 0 Å². The van der Waals surface area contributed by atoms with E-state index in [4.69, 9.17) is 5.73 Å². The summed E-state index contributed by atoms with van der Waals surface area (Å²) in [7, 11) is 1.85. The molecule has 3 amide bonds. The monoisotopic (exact) mass is 394 g/mol. The van der Waals surface area contributed by atoms with Crippen molar-refractivity contribution in [1.29, 1.82) is 0 Å². The molecule has 0 aliphatic carbocycles. The third-order valence-corrected chi connectivity index (χ3v) is 5.10. The van der Waals surface area contributed by atoms with E-state index in [9.17, 15) is 9.59 Å². The molecule has 0 saturated carbocycles. The van der Waals surface area contributed by atoms with Gasteiger partial charge in [0.05, 0.1) is 11.6 Å². The highest BCUT2D eigenvalue weighted by Crippen LogP contribution is 2.27. The van der Waals surface area contributed by atoms with Gasteiger partial charge in [-0.2, -0.15) is 5.10 Å². The van der Waals surface area contributed by atoms with E-state index in [2.05, 4.69) is 25.3 Å². The Morgan fingerprint density at radius 1 is 1.10 bits per heavy atom. The van der Waals surface area contributed by atoms with Gasteiger partial charge in [-0.25, -0.2) is 14.8 Å². The molecule has 1 fully saturated rings. The predicted octanol–water partition coefficient (Wildman–Crippen LogP) is 0.422. The maximum atomic E-state index is 12.7. The van der Waals surface area contributed by atoms with Crippen LogP contribution in [0.1, 0.15) is 11.6 Å². The van der Waals surface area contributed by atoms with Crippen molar-refractivity contribution in [1.82, 2.24) is 30.0 Å². The van der Waals surface area contributed by atoms with Gasteiger partial charge in [-0.05, 0) is 5.56 Å². The van der Waals surface area contributed by atoms with Gasteiger partial charge in [0.1, 0.15) is 18.2 Å². The smallest absolute Gasteiger partial charge is 0.318 e. The summed E-state index contributed by atoms with van der Waals surface area (Å²) in [6.07, 6.45) is 3.31. The van der Waals surface area contributed by atoms with Gasteiger partial charge >= 0.3 is 6.03 Å². The maximum absolute atomic E-state index is 12.7. The van der Waals surface area contributed by atoms with Gasteiger partial charge < -0.3 is 10.6 Å². The van der Waals surface area contributed by atoms with Gasteiger partial charge in [0, 0.05) is 33.2 Å². The highest BCUT2D eigenvalue weighted by molar-refractivity contribution is 5.96. The van der Waals surface area contributed by atoms with Crippen LogP contribution in [0.5, 0.6) is 0 Å². The van der Waals surface area contributed by atoms with E-state index in [0.29, 0.717) is 26.2 Å². The summed E-state index contributed by atoms with van der Waals surface area (Å²) in [4.78, 5) is 36.9. The van der Waals surface area contributed by atoms with Crippen LogP contribution in [0.2, 0.25) is 0 Å². The Bertz CT molecular complexity index is 1030. The molecular weight excluding hydrogens is 372 g/mol. The first-order chi connectivity index (χ1) is 14.0. The molecule has 0 spiro atoms. The van der Waals surface area contributed by atoms with Crippen molar-refractivity contribution < 1.29 is 9.59 Å². The van der Waals surface area contributed by atoms with Crippen molar-refractivity contribution in [3.05, 3.63) is 48.4 Å². The molecule has 0 bridgehead atoms. The lowest BCUT2D eigenvalue weighted by Crippen LogP contribution is -2.52. The highest BCUT2D eigenvalue weighted by Gasteiger charge is 2.31. The zero-order chi connectivity index (χ0) is 20.4. The number of piperazine rings is 1. The molecule has 10 heteroatoms. The summed E-state index contributed by atoms with van der Waals surface area (Å²) in [5.74, 6) is 0.412. The van der Waals surface area contributed by atoms with Crippen LogP contribution in [0, 0.1) is 0 Å². The molecule has 1 unspecified atom stereocenters. The highest BCUT2D eigenvalue weighted by atomic mass is 16.2.